The molecule has 0 aliphatic rings. The van der Waals surface area contributed by atoms with Gasteiger partial charge in [0.05, 0.1) is 0 Å². The van der Waals surface area contributed by atoms with Crippen molar-refractivity contribution in [1.29, 1.82) is 0 Å². The highest BCUT2D eigenvalue weighted by Gasteiger charge is 2.11. The standard InChI is InChI=1S/C18H14N2O3/c1-13-2-4-14(5-3-13)6-11-17(21)15-7-9-16(10-8-15)20-12-18(22)23-19-20/h2-12H,1H3/p+1/b11-6+. The Balaban J connectivity index is 1.75. The number of carbonyl (C=O) groups excluding carboxylic acids is 1. The van der Waals surface area contributed by atoms with E-state index in [1.54, 1.807) is 36.4 Å². The molecule has 0 amide bonds. The van der Waals surface area contributed by atoms with Crippen molar-refractivity contribution in [2.75, 3.05) is 0 Å². The van der Waals surface area contributed by atoms with Gasteiger partial charge in [0.1, 0.15) is 0 Å². The van der Waals surface area contributed by atoms with E-state index in [2.05, 4.69) is 9.79 Å². The summed E-state index contributed by atoms with van der Waals surface area (Å²) in [7, 11) is 0. The number of nitrogens with one attached hydrogen (secondary N) is 1. The van der Waals surface area contributed by atoms with E-state index in [0.29, 0.717) is 11.3 Å². The van der Waals surface area contributed by atoms with Gasteiger partial charge in [-0.15, -0.1) is 0 Å². The van der Waals surface area contributed by atoms with Gasteiger partial charge in [0, 0.05) is 17.7 Å². The predicted molar refractivity (Wildman–Crippen MR) is 85.4 cm³/mol. The van der Waals surface area contributed by atoms with Gasteiger partial charge in [0.15, 0.2) is 5.78 Å². The molecular weight excluding hydrogens is 292 g/mol. The molecule has 23 heavy (non-hydrogen) atoms. The smallest absolute Gasteiger partial charge is 0.289 e. The second-order valence-electron chi connectivity index (χ2n) is 5.17. The average Bonchev–Trinajstić information content (AvgIpc) is 3.01. The number of aryl methyl sites for hydroxylation is 1. The molecule has 0 aliphatic carbocycles. The molecule has 2 aromatic carbocycles. The number of hydrogen-bond acceptors (Lipinski definition) is 3. The fourth-order valence-corrected chi connectivity index (χ4v) is 2.11. The Kier molecular flexibility index (Phi) is 4.01. The summed E-state index contributed by atoms with van der Waals surface area (Å²) in [5.74, 6) is -0.0807. The fraction of sp³-hybridized carbons (Fsp3) is 0.0556. The molecule has 0 fully saturated rings. The van der Waals surface area contributed by atoms with Gasteiger partial charge in [-0.1, -0.05) is 35.9 Å². The van der Waals surface area contributed by atoms with Gasteiger partial charge in [-0.3, -0.25) is 9.32 Å². The van der Waals surface area contributed by atoms with Crippen LogP contribution in [0.25, 0.3) is 11.8 Å². The molecule has 1 N–H and O–H groups in total. The van der Waals surface area contributed by atoms with Gasteiger partial charge < -0.3 is 0 Å². The van der Waals surface area contributed by atoms with Crippen LogP contribution in [0, 0.1) is 6.92 Å². The number of benzene rings is 2. The lowest BCUT2D eigenvalue weighted by Crippen LogP contribution is -2.32. The molecule has 0 aliphatic heterocycles. The summed E-state index contributed by atoms with van der Waals surface area (Å²) in [6, 6.07) is 14.8. The highest BCUT2D eigenvalue weighted by molar-refractivity contribution is 6.06. The van der Waals surface area contributed by atoms with Crippen molar-refractivity contribution in [3.63, 3.8) is 0 Å². The van der Waals surface area contributed by atoms with Crippen molar-refractivity contribution >= 4 is 11.9 Å². The Hall–Kier alpha value is -3.21. The summed E-state index contributed by atoms with van der Waals surface area (Å²) >= 11 is 0. The zero-order valence-corrected chi connectivity index (χ0v) is 12.5. The van der Waals surface area contributed by atoms with Gasteiger partial charge >= 0.3 is 5.63 Å². The van der Waals surface area contributed by atoms with E-state index in [1.807, 2.05) is 31.2 Å². The van der Waals surface area contributed by atoms with E-state index in [4.69, 9.17) is 0 Å². The first-order valence-electron chi connectivity index (χ1n) is 7.11. The minimum atomic E-state index is -0.466. The topological polar surface area (TPSA) is 66.9 Å². The van der Waals surface area contributed by atoms with E-state index in [-0.39, 0.29) is 5.78 Å². The maximum atomic E-state index is 12.2. The quantitative estimate of drug-likeness (QED) is 0.457. The summed E-state index contributed by atoms with van der Waals surface area (Å²) in [5.41, 5.74) is 2.97. The molecule has 114 valence electrons. The second kappa shape index (κ2) is 6.27. The van der Waals surface area contributed by atoms with E-state index in [9.17, 15) is 9.59 Å². The zero-order chi connectivity index (χ0) is 16.2. The second-order valence-corrected chi connectivity index (χ2v) is 5.17. The van der Waals surface area contributed by atoms with Crippen LogP contribution in [0.15, 0.2) is 70.1 Å². The lowest BCUT2D eigenvalue weighted by atomic mass is 10.1. The van der Waals surface area contributed by atoms with Crippen LogP contribution >= 0.6 is 0 Å². The Morgan fingerprint density at radius 3 is 2.39 bits per heavy atom. The van der Waals surface area contributed by atoms with Crippen LogP contribution in [0.1, 0.15) is 21.5 Å². The first-order valence-corrected chi connectivity index (χ1v) is 7.11. The van der Waals surface area contributed by atoms with E-state index < -0.39 is 5.63 Å². The predicted octanol–water partition coefficient (Wildman–Crippen LogP) is 2.45. The summed E-state index contributed by atoms with van der Waals surface area (Å²) in [6.07, 6.45) is 4.62. The minimum absolute atomic E-state index is 0.0807. The number of H-pyrrole nitrogens is 1. The van der Waals surface area contributed by atoms with Gasteiger partial charge in [-0.2, -0.15) is 0 Å². The number of aromatic nitrogens is 2. The summed E-state index contributed by atoms with van der Waals surface area (Å²) < 4.78 is 6.04. The van der Waals surface area contributed by atoms with Crippen LogP contribution in [-0.2, 0) is 0 Å². The molecule has 1 aromatic heterocycles. The summed E-state index contributed by atoms with van der Waals surface area (Å²) in [5, 5.41) is 2.45. The fourth-order valence-electron chi connectivity index (χ4n) is 2.11. The first kappa shape index (κ1) is 14.7. The van der Waals surface area contributed by atoms with Crippen molar-refractivity contribution in [3.8, 4) is 5.69 Å². The molecule has 0 atom stereocenters. The van der Waals surface area contributed by atoms with Gasteiger partial charge in [-0.25, -0.2) is 4.79 Å². The third-order valence-electron chi connectivity index (χ3n) is 3.41. The number of carbonyl (C=O) groups is 1. The number of allylic oxidation sites excluding steroid dienone is 1. The van der Waals surface area contributed by atoms with Crippen LogP contribution in [0.5, 0.6) is 0 Å². The van der Waals surface area contributed by atoms with Crippen LogP contribution in [-0.4, -0.2) is 11.1 Å². The van der Waals surface area contributed by atoms with E-state index >= 15 is 0 Å². The summed E-state index contributed by atoms with van der Waals surface area (Å²) in [4.78, 5) is 23.2. The molecule has 0 spiro atoms. The normalized spacial score (nSPS) is 11.0. The van der Waals surface area contributed by atoms with Crippen LogP contribution in [0.4, 0.5) is 0 Å². The number of rotatable bonds is 4. The van der Waals surface area contributed by atoms with Crippen LogP contribution in [0.3, 0.4) is 0 Å². The van der Waals surface area contributed by atoms with Crippen molar-refractivity contribution in [3.05, 3.63) is 87.9 Å². The Labute approximate surface area is 132 Å². The lowest BCUT2D eigenvalue weighted by Gasteiger charge is -1.97. The maximum Gasteiger partial charge on any atom is 0.427 e. The molecule has 0 bridgehead atoms. The molecule has 1 heterocycles. The third-order valence-corrected chi connectivity index (χ3v) is 3.41. The molecule has 5 nitrogen and oxygen atoms in total. The number of nitrogens with zero attached hydrogens (tertiary/aromatic N) is 1. The molecular formula is C18H15N2O3+. The van der Waals surface area contributed by atoms with Crippen molar-refractivity contribution < 1.29 is 14.0 Å². The van der Waals surface area contributed by atoms with Crippen LogP contribution in [0.2, 0.25) is 0 Å². The van der Waals surface area contributed by atoms with E-state index in [0.717, 1.165) is 5.56 Å². The van der Waals surface area contributed by atoms with Gasteiger partial charge in [0.25, 0.3) is 6.20 Å². The first-order chi connectivity index (χ1) is 11.1. The molecule has 0 saturated heterocycles. The van der Waals surface area contributed by atoms with Crippen molar-refractivity contribution in [2.24, 2.45) is 0 Å². The molecule has 3 aromatic rings. The van der Waals surface area contributed by atoms with Gasteiger partial charge in [-0.05, 0) is 40.6 Å². The van der Waals surface area contributed by atoms with Crippen LogP contribution < -0.4 is 10.3 Å². The largest absolute Gasteiger partial charge is 0.427 e. The molecule has 5 heteroatoms. The zero-order valence-electron chi connectivity index (χ0n) is 12.5. The lowest BCUT2D eigenvalue weighted by molar-refractivity contribution is -0.670. The Morgan fingerprint density at radius 2 is 1.78 bits per heavy atom. The van der Waals surface area contributed by atoms with Crippen molar-refractivity contribution in [1.82, 2.24) is 5.27 Å². The monoisotopic (exact) mass is 307 g/mol. The third kappa shape index (κ3) is 3.52. The number of ketones is 1. The van der Waals surface area contributed by atoms with E-state index in [1.165, 1.54) is 16.4 Å². The molecule has 0 radical (unpaired) electrons. The number of aromatic amines is 1. The summed E-state index contributed by atoms with van der Waals surface area (Å²) in [6.45, 7) is 2.02. The Morgan fingerprint density at radius 1 is 1.09 bits per heavy atom. The van der Waals surface area contributed by atoms with Crippen molar-refractivity contribution in [2.45, 2.75) is 6.92 Å². The molecule has 0 unspecified atom stereocenters. The van der Waals surface area contributed by atoms with Gasteiger partial charge in [0.2, 0.25) is 5.69 Å². The number of hydrogen-bond donors (Lipinski definition) is 1. The molecule has 3 rings (SSSR count). The Bertz CT molecular complexity index is 900. The molecule has 0 saturated carbocycles. The highest BCUT2D eigenvalue weighted by atomic mass is 16.5. The SMILES string of the molecule is Cc1ccc(/C=C/C(=O)c2ccc(-[n+]3cc(=O)o[nH]3)cc2)cc1. The average molecular weight is 307 g/mol. The maximum absolute atomic E-state index is 12.2. The highest BCUT2D eigenvalue weighted by Crippen LogP contribution is 2.08. The minimum Gasteiger partial charge on any atom is -0.289 e.